The van der Waals surface area contributed by atoms with E-state index in [0.717, 1.165) is 19.1 Å². The van der Waals surface area contributed by atoms with Gasteiger partial charge in [0.2, 0.25) is 10.0 Å². The van der Waals surface area contributed by atoms with Gasteiger partial charge in [0, 0.05) is 27.7 Å². The van der Waals surface area contributed by atoms with Crippen LogP contribution >= 0.6 is 23.2 Å². The quantitative estimate of drug-likeness (QED) is 0.298. The minimum atomic E-state index is -3.60. The Balaban J connectivity index is 1.56. The second-order valence-electron chi connectivity index (χ2n) is 10.6. The summed E-state index contributed by atoms with van der Waals surface area (Å²) >= 11 is 13.0. The van der Waals surface area contributed by atoms with Crippen molar-refractivity contribution in [3.05, 3.63) is 93.0 Å². The number of aliphatic hydroxyl groups is 1. The number of carbonyl (C=O) groups is 2. The largest absolute Gasteiger partial charge is 0.390 e. The number of sulfonamides is 1. The molecule has 2 heterocycles. The van der Waals surface area contributed by atoms with Crippen LogP contribution in [0.2, 0.25) is 10.0 Å². The van der Waals surface area contributed by atoms with E-state index in [1.54, 1.807) is 47.4 Å². The van der Waals surface area contributed by atoms with Crippen LogP contribution < -0.4 is 10.2 Å². The van der Waals surface area contributed by atoms with Gasteiger partial charge in [0.05, 0.1) is 48.6 Å². The fourth-order valence-corrected chi connectivity index (χ4v) is 7.26. The molecule has 2 aromatic carbocycles. The van der Waals surface area contributed by atoms with Crippen LogP contribution in [0.3, 0.4) is 0 Å². The normalized spacial score (nSPS) is 22.2. The van der Waals surface area contributed by atoms with E-state index in [-0.39, 0.29) is 24.1 Å². The summed E-state index contributed by atoms with van der Waals surface area (Å²) in [6.45, 7) is -0.353. The standard InChI is InChI=1S/C29H31Cl2N5O6S/c1-43(40,41)35-24-8-4-5-9-25(24)36-27(22-11-10-17(30)12-23(22)31)26(20-6-2-3-7-21(20)29(36)39)28(38)34-42-16-19-14-32-18(15-37)13-33-19/h2-3,6-7,10-14,24-27,35,37H,4-5,8-9,15-16H2,1H3,(H,34,38)/t24-,25-,26+,27-/m0/s1. The molecule has 1 aliphatic carbocycles. The lowest BCUT2D eigenvalue weighted by atomic mass is 9.76. The summed E-state index contributed by atoms with van der Waals surface area (Å²) in [5, 5.41) is 9.84. The SMILES string of the molecule is CS(=O)(=O)N[C@H]1CCCC[C@@H]1N1C(=O)c2ccccc2[C@@H](C(=O)NOCc2cnc(CO)cn2)[C@@H]1c1ccc(Cl)cc1Cl. The van der Waals surface area contributed by atoms with Crippen LogP contribution in [0.25, 0.3) is 0 Å². The number of hydrogen-bond acceptors (Lipinski definition) is 8. The minimum absolute atomic E-state index is 0.100. The molecule has 2 aliphatic rings. The second kappa shape index (κ2) is 13.2. The summed E-state index contributed by atoms with van der Waals surface area (Å²) in [6, 6.07) is 9.69. The molecule has 4 atom stereocenters. The van der Waals surface area contributed by atoms with Gasteiger partial charge in [-0.1, -0.05) is 60.3 Å². The summed E-state index contributed by atoms with van der Waals surface area (Å²) in [7, 11) is -3.60. The van der Waals surface area contributed by atoms with Gasteiger partial charge in [0.15, 0.2) is 0 Å². The van der Waals surface area contributed by atoms with Gasteiger partial charge in [-0.3, -0.25) is 24.4 Å². The van der Waals surface area contributed by atoms with Crippen LogP contribution in [0.4, 0.5) is 0 Å². The average Bonchev–Trinajstić information content (AvgIpc) is 2.97. The van der Waals surface area contributed by atoms with E-state index in [1.165, 1.54) is 12.4 Å². The molecule has 3 N–H and O–H groups in total. The van der Waals surface area contributed by atoms with E-state index in [2.05, 4.69) is 20.2 Å². The summed E-state index contributed by atoms with van der Waals surface area (Å²) in [5.74, 6) is -1.84. The number of hydrogen-bond donors (Lipinski definition) is 3. The Morgan fingerprint density at radius 2 is 1.79 bits per heavy atom. The van der Waals surface area contributed by atoms with Crippen LogP contribution in [0.1, 0.15) is 70.5 Å². The molecule has 1 fully saturated rings. The lowest BCUT2D eigenvalue weighted by Gasteiger charge is -2.49. The first-order valence-corrected chi connectivity index (χ1v) is 16.4. The van der Waals surface area contributed by atoms with Crippen LogP contribution in [0, 0.1) is 0 Å². The molecule has 3 aromatic rings. The first-order valence-electron chi connectivity index (χ1n) is 13.7. The molecule has 2 amide bonds. The Morgan fingerprint density at radius 3 is 2.49 bits per heavy atom. The van der Waals surface area contributed by atoms with E-state index in [4.69, 9.17) is 28.0 Å². The highest BCUT2D eigenvalue weighted by molar-refractivity contribution is 7.88. The van der Waals surface area contributed by atoms with Gasteiger partial charge in [0.25, 0.3) is 11.8 Å². The van der Waals surface area contributed by atoms with E-state index < -0.39 is 40.0 Å². The number of halogens is 2. The predicted octanol–water partition coefficient (Wildman–Crippen LogP) is 3.66. The van der Waals surface area contributed by atoms with Crippen LogP contribution in [-0.2, 0) is 32.9 Å². The van der Waals surface area contributed by atoms with Gasteiger partial charge in [0.1, 0.15) is 6.61 Å². The molecule has 228 valence electrons. The molecule has 43 heavy (non-hydrogen) atoms. The van der Waals surface area contributed by atoms with E-state index in [9.17, 15) is 23.1 Å². The monoisotopic (exact) mass is 647 g/mol. The van der Waals surface area contributed by atoms with Crippen molar-refractivity contribution >= 4 is 45.0 Å². The fraction of sp³-hybridized carbons (Fsp3) is 0.379. The highest BCUT2D eigenvalue weighted by Crippen LogP contribution is 2.47. The lowest BCUT2D eigenvalue weighted by Crippen LogP contribution is -2.59. The van der Waals surface area contributed by atoms with Crippen molar-refractivity contribution in [2.75, 3.05) is 6.26 Å². The number of fused-ring (bicyclic) bond motifs is 1. The van der Waals surface area contributed by atoms with Gasteiger partial charge in [-0.2, -0.15) is 0 Å². The van der Waals surface area contributed by atoms with Gasteiger partial charge in [-0.15, -0.1) is 0 Å². The summed E-state index contributed by atoms with van der Waals surface area (Å²) in [4.78, 5) is 43.7. The van der Waals surface area contributed by atoms with E-state index >= 15 is 0 Å². The third kappa shape index (κ3) is 7.00. The van der Waals surface area contributed by atoms with Crippen molar-refractivity contribution in [3.63, 3.8) is 0 Å². The third-order valence-corrected chi connectivity index (χ3v) is 9.00. The summed E-state index contributed by atoms with van der Waals surface area (Å²) in [5.41, 5.74) is 4.64. The number of nitrogens with one attached hydrogen (secondary N) is 2. The highest BCUT2D eigenvalue weighted by Gasteiger charge is 2.49. The molecular weight excluding hydrogens is 617 g/mol. The lowest BCUT2D eigenvalue weighted by molar-refractivity contribution is -0.138. The Kier molecular flexibility index (Phi) is 9.64. The molecule has 1 aromatic heterocycles. The highest BCUT2D eigenvalue weighted by atomic mass is 35.5. The minimum Gasteiger partial charge on any atom is -0.390 e. The molecule has 14 heteroatoms. The zero-order valence-corrected chi connectivity index (χ0v) is 25.6. The average molecular weight is 649 g/mol. The Hall–Kier alpha value is -3.13. The summed E-state index contributed by atoms with van der Waals surface area (Å²) < 4.78 is 27.4. The zero-order valence-electron chi connectivity index (χ0n) is 23.2. The molecule has 5 rings (SSSR count). The van der Waals surface area contributed by atoms with Crippen LogP contribution in [0.15, 0.2) is 54.9 Å². The number of aromatic nitrogens is 2. The fourth-order valence-electron chi connectivity index (χ4n) is 5.91. The molecule has 0 saturated heterocycles. The topological polar surface area (TPSA) is 151 Å². The Morgan fingerprint density at radius 1 is 1.07 bits per heavy atom. The van der Waals surface area contributed by atoms with E-state index in [1.807, 2.05) is 0 Å². The van der Waals surface area contributed by atoms with Gasteiger partial charge in [-0.05, 0) is 42.2 Å². The third-order valence-electron chi connectivity index (χ3n) is 7.71. The van der Waals surface area contributed by atoms with Crippen molar-refractivity contribution in [1.82, 2.24) is 25.1 Å². The number of nitrogens with zero attached hydrogens (tertiary/aromatic N) is 3. The number of hydroxylamine groups is 1. The Bertz CT molecular complexity index is 1610. The van der Waals surface area contributed by atoms with E-state index in [0.29, 0.717) is 45.9 Å². The maximum Gasteiger partial charge on any atom is 0.255 e. The first-order chi connectivity index (χ1) is 20.6. The maximum atomic E-state index is 14.3. The molecule has 0 unspecified atom stereocenters. The van der Waals surface area contributed by atoms with Gasteiger partial charge < -0.3 is 10.0 Å². The predicted molar refractivity (Wildman–Crippen MR) is 159 cm³/mol. The number of benzene rings is 2. The van der Waals surface area contributed by atoms with Gasteiger partial charge >= 0.3 is 0 Å². The molecule has 0 spiro atoms. The maximum absolute atomic E-state index is 14.3. The smallest absolute Gasteiger partial charge is 0.255 e. The zero-order chi connectivity index (χ0) is 30.7. The molecule has 0 bridgehead atoms. The van der Waals surface area contributed by atoms with Crippen molar-refractivity contribution in [1.29, 1.82) is 0 Å². The number of rotatable bonds is 9. The number of amides is 2. The van der Waals surface area contributed by atoms with Gasteiger partial charge in [-0.25, -0.2) is 18.6 Å². The molecule has 1 saturated carbocycles. The van der Waals surface area contributed by atoms with Crippen molar-refractivity contribution in [2.45, 2.75) is 62.9 Å². The van der Waals surface area contributed by atoms with Crippen molar-refractivity contribution in [3.8, 4) is 0 Å². The summed E-state index contributed by atoms with van der Waals surface area (Å²) in [6.07, 6.45) is 6.54. The van der Waals surface area contributed by atoms with Crippen LogP contribution in [0.5, 0.6) is 0 Å². The van der Waals surface area contributed by atoms with Crippen molar-refractivity contribution < 1.29 is 28.0 Å². The Labute approximate surface area is 259 Å². The van der Waals surface area contributed by atoms with Crippen molar-refractivity contribution in [2.24, 2.45) is 0 Å². The molecule has 11 nitrogen and oxygen atoms in total. The second-order valence-corrected chi connectivity index (χ2v) is 13.3. The van der Waals surface area contributed by atoms with Crippen LogP contribution in [-0.4, -0.2) is 58.5 Å². The molecule has 0 radical (unpaired) electrons. The number of aliphatic hydroxyl groups excluding tert-OH is 1. The first kappa shape index (κ1) is 31.3. The molecular formula is C29H31Cl2N5O6S. The number of carbonyl (C=O) groups excluding carboxylic acids is 2. The molecule has 1 aliphatic heterocycles.